The van der Waals surface area contributed by atoms with Gasteiger partial charge >= 0.3 is 15.1 Å². The molecule has 9 aromatic rings. The second-order valence-corrected chi connectivity index (χ2v) is 15.0. The van der Waals surface area contributed by atoms with E-state index in [0.29, 0.717) is 17.2 Å². The number of nitrogens with zero attached hydrogens (tertiary/aromatic N) is 2. The number of para-hydroxylation sites is 1. The lowest BCUT2D eigenvalue weighted by Crippen LogP contribution is -2.38. The van der Waals surface area contributed by atoms with Gasteiger partial charge in [0.05, 0.1) is 0 Å². The number of aromatic nitrogens is 2. The molecule has 0 bridgehead atoms. The van der Waals surface area contributed by atoms with Crippen LogP contribution in [-0.4, -0.2) is 25.1 Å². The van der Waals surface area contributed by atoms with E-state index in [9.17, 15) is 0 Å². The number of hydrogen-bond donors (Lipinski definition) is 0. The van der Waals surface area contributed by atoms with Crippen LogP contribution in [0.4, 0.5) is 0 Å². The molecule has 0 atom stereocenters. The van der Waals surface area contributed by atoms with Gasteiger partial charge in [0.1, 0.15) is 28.3 Å². The Morgan fingerprint density at radius 2 is 0.643 bits per heavy atom. The van der Waals surface area contributed by atoms with Crippen molar-refractivity contribution < 1.29 is 11.4 Å². The van der Waals surface area contributed by atoms with Gasteiger partial charge in [-0.1, -0.05) is 176 Å². The Bertz CT molecular complexity index is 2610. The Morgan fingerprint density at radius 3 is 1.02 bits per heavy atom. The average Bonchev–Trinajstić information content (AvgIpc) is 3.25. The summed E-state index contributed by atoms with van der Waals surface area (Å²) in [6, 6.07) is 64.0. The van der Waals surface area contributed by atoms with Crippen molar-refractivity contribution in [3.8, 4) is 61.8 Å². The summed E-state index contributed by atoms with van der Waals surface area (Å²) in [5.74, 6) is 1.90. The highest BCUT2D eigenvalue weighted by Gasteiger charge is 2.47. The SMILES string of the molecule is Cc1ccc2ccc(-c3ccccc3)c([O][Al]([O]c3c(-c4ccccc4)cccc3-c3ccccc3)[O]c3c(-c4ccccc4)ccc4ccc(C)nc34)c2n1. The zero-order valence-corrected chi connectivity index (χ0v) is 32.2. The summed E-state index contributed by atoms with van der Waals surface area (Å²) >= 11 is -3.35. The van der Waals surface area contributed by atoms with E-state index in [1.54, 1.807) is 0 Å². The fourth-order valence-electron chi connectivity index (χ4n) is 7.16. The minimum absolute atomic E-state index is 0.609. The number of benzene rings is 7. The van der Waals surface area contributed by atoms with Gasteiger partial charge in [0, 0.05) is 44.4 Å². The molecule has 56 heavy (non-hydrogen) atoms. The second-order valence-electron chi connectivity index (χ2n) is 13.7. The van der Waals surface area contributed by atoms with E-state index in [0.717, 1.165) is 77.7 Å². The van der Waals surface area contributed by atoms with E-state index in [4.69, 9.17) is 21.3 Å². The zero-order valence-electron chi connectivity index (χ0n) is 31.1. The molecule has 2 aromatic heterocycles. The van der Waals surface area contributed by atoms with Gasteiger partial charge < -0.3 is 11.4 Å². The average molecular weight is 741 g/mol. The van der Waals surface area contributed by atoms with Crippen LogP contribution in [0, 0.1) is 13.8 Å². The predicted molar refractivity (Wildman–Crippen MR) is 229 cm³/mol. The van der Waals surface area contributed by atoms with Gasteiger partial charge in [-0.05, 0) is 48.2 Å². The lowest BCUT2D eigenvalue weighted by molar-refractivity contribution is 0.312. The molecule has 0 aliphatic heterocycles. The van der Waals surface area contributed by atoms with E-state index < -0.39 is 15.1 Å². The van der Waals surface area contributed by atoms with E-state index in [1.807, 2.05) is 98.8 Å². The van der Waals surface area contributed by atoms with Crippen LogP contribution in [0.5, 0.6) is 17.2 Å². The van der Waals surface area contributed by atoms with Crippen LogP contribution in [0.15, 0.2) is 188 Å². The highest BCUT2D eigenvalue weighted by atomic mass is 27.3. The van der Waals surface area contributed by atoms with Crippen LogP contribution in [0.3, 0.4) is 0 Å². The summed E-state index contributed by atoms with van der Waals surface area (Å²) < 4.78 is 22.0. The van der Waals surface area contributed by atoms with Crippen LogP contribution in [0.25, 0.3) is 66.3 Å². The highest BCUT2D eigenvalue weighted by Crippen LogP contribution is 2.43. The van der Waals surface area contributed by atoms with Crippen molar-refractivity contribution in [1.82, 2.24) is 9.97 Å². The summed E-state index contributed by atoms with van der Waals surface area (Å²) in [7, 11) is 0. The maximum Gasteiger partial charge on any atom is 1.20 e. The molecule has 0 amide bonds. The Morgan fingerprint density at radius 1 is 0.321 bits per heavy atom. The lowest BCUT2D eigenvalue weighted by Gasteiger charge is -2.24. The molecule has 5 nitrogen and oxygen atoms in total. The third-order valence-corrected chi connectivity index (χ3v) is 11.2. The smallest absolute Gasteiger partial charge is 0.576 e. The van der Waals surface area contributed by atoms with Gasteiger partial charge in [0.2, 0.25) is 0 Å². The van der Waals surface area contributed by atoms with E-state index in [1.165, 1.54) is 0 Å². The number of aryl methyl sites for hydroxylation is 2. The maximum atomic E-state index is 7.37. The van der Waals surface area contributed by atoms with Crippen LogP contribution in [-0.2, 0) is 0 Å². The molecule has 0 saturated carbocycles. The Hall–Kier alpha value is -6.71. The van der Waals surface area contributed by atoms with Crippen molar-refractivity contribution in [3.63, 3.8) is 0 Å². The first-order valence-electron chi connectivity index (χ1n) is 18.7. The van der Waals surface area contributed by atoms with Crippen LogP contribution < -0.4 is 11.4 Å². The van der Waals surface area contributed by atoms with Gasteiger partial charge in [-0.25, -0.2) is 9.97 Å². The highest BCUT2D eigenvalue weighted by molar-refractivity contribution is 6.41. The van der Waals surface area contributed by atoms with Gasteiger partial charge in [-0.2, -0.15) is 0 Å². The first-order valence-corrected chi connectivity index (χ1v) is 20.2. The van der Waals surface area contributed by atoms with Crippen molar-refractivity contribution >= 4 is 37.0 Å². The molecule has 268 valence electrons. The Kier molecular flexibility index (Phi) is 9.74. The molecule has 0 saturated heterocycles. The standard InChI is InChI=1S/C18H14O.2C16H13NO.Al/c19-18-16(14-8-3-1-4-9-14)12-7-13-17(18)15-10-5-2-6-11-15;2*1-11-7-8-13-9-10-14(16(18)15(13)17-11)12-5-3-2-4-6-12;/h1-13,19H;2*2-10,18H,1H3;/q;;;+3/p-3. The van der Waals surface area contributed by atoms with E-state index in [2.05, 4.69) is 103 Å². The summed E-state index contributed by atoms with van der Waals surface area (Å²) in [6.07, 6.45) is 0. The third kappa shape index (κ3) is 7.12. The fraction of sp³-hybridized carbons (Fsp3) is 0.0400. The van der Waals surface area contributed by atoms with Crippen molar-refractivity contribution in [2.45, 2.75) is 13.8 Å². The number of fused-ring (bicyclic) bond motifs is 2. The number of rotatable bonds is 10. The molecule has 0 N–H and O–H groups in total. The monoisotopic (exact) mass is 740 g/mol. The van der Waals surface area contributed by atoms with Gasteiger partial charge in [-0.15, -0.1) is 0 Å². The van der Waals surface area contributed by atoms with E-state index >= 15 is 0 Å². The molecule has 6 heteroatoms. The van der Waals surface area contributed by atoms with Crippen molar-refractivity contribution in [1.29, 1.82) is 0 Å². The first kappa shape index (κ1) is 35.0. The summed E-state index contributed by atoms with van der Waals surface area (Å²) in [6.45, 7) is 4.00. The number of hydrogen-bond acceptors (Lipinski definition) is 5. The normalized spacial score (nSPS) is 11.0. The molecule has 7 aromatic carbocycles. The van der Waals surface area contributed by atoms with Gasteiger partial charge in [0.15, 0.2) is 0 Å². The van der Waals surface area contributed by atoms with E-state index in [-0.39, 0.29) is 0 Å². The zero-order chi connectivity index (χ0) is 37.8. The molecule has 0 fully saturated rings. The number of pyridine rings is 2. The van der Waals surface area contributed by atoms with Crippen molar-refractivity contribution in [2.75, 3.05) is 0 Å². The third-order valence-electron chi connectivity index (χ3n) is 9.91. The maximum absolute atomic E-state index is 7.37. The van der Waals surface area contributed by atoms with Crippen molar-refractivity contribution in [2.24, 2.45) is 0 Å². The van der Waals surface area contributed by atoms with Crippen LogP contribution in [0.2, 0.25) is 0 Å². The molecule has 0 radical (unpaired) electrons. The molecule has 0 aliphatic carbocycles. The largest absolute Gasteiger partial charge is 1.20 e. The molecular formula is C50H37AlN2O3. The Labute approximate surface area is 331 Å². The van der Waals surface area contributed by atoms with Gasteiger partial charge in [0.25, 0.3) is 0 Å². The predicted octanol–water partition coefficient (Wildman–Crippen LogP) is 12.6. The molecule has 0 unspecified atom stereocenters. The summed E-state index contributed by atoms with van der Waals surface area (Å²) in [5, 5.41) is 1.92. The topological polar surface area (TPSA) is 53.5 Å². The minimum Gasteiger partial charge on any atom is -0.576 e. The lowest BCUT2D eigenvalue weighted by atomic mass is 9.97. The second kappa shape index (κ2) is 15.6. The molecule has 0 spiro atoms. The molecular weight excluding hydrogens is 704 g/mol. The summed E-state index contributed by atoms with van der Waals surface area (Å²) in [5.41, 5.74) is 11.0. The van der Waals surface area contributed by atoms with Crippen molar-refractivity contribution in [3.05, 3.63) is 199 Å². The minimum atomic E-state index is -3.35. The molecule has 2 heterocycles. The quantitative estimate of drug-likeness (QED) is 0.131. The molecule has 9 rings (SSSR count). The van der Waals surface area contributed by atoms with Crippen LogP contribution >= 0.6 is 0 Å². The first-order chi connectivity index (χ1) is 27.6. The molecule has 0 aliphatic rings. The van der Waals surface area contributed by atoms with Crippen LogP contribution in [0.1, 0.15) is 11.4 Å². The summed E-state index contributed by atoms with van der Waals surface area (Å²) in [4.78, 5) is 10.1. The van der Waals surface area contributed by atoms with Gasteiger partial charge in [-0.3, -0.25) is 0 Å². The Balaban J connectivity index is 1.29. The fourth-order valence-corrected chi connectivity index (χ4v) is 8.62.